The van der Waals surface area contributed by atoms with E-state index >= 15 is 0 Å². The van der Waals surface area contributed by atoms with E-state index in [1.54, 1.807) is 0 Å². The smallest absolute Gasteiger partial charge is 0.134 e. The van der Waals surface area contributed by atoms with Gasteiger partial charge in [0.05, 0.1) is 6.61 Å². The molecule has 1 saturated heterocycles. The summed E-state index contributed by atoms with van der Waals surface area (Å²) < 4.78 is 11.1. The van der Waals surface area contributed by atoms with E-state index in [2.05, 4.69) is 0 Å². The van der Waals surface area contributed by atoms with Crippen LogP contribution in [0.1, 0.15) is 18.3 Å². The molecule has 4 nitrogen and oxygen atoms in total. The average molecular weight is 247 g/mol. The maximum Gasteiger partial charge on any atom is 0.134 e. The molecule has 2 aromatic rings. The van der Waals surface area contributed by atoms with Gasteiger partial charge in [0, 0.05) is 24.0 Å². The molecule has 4 heteroatoms. The van der Waals surface area contributed by atoms with Crippen LogP contribution in [0, 0.1) is 5.41 Å². The Morgan fingerprint density at radius 2 is 2.22 bits per heavy atom. The number of hydrogen-bond donors (Lipinski definition) is 2. The average Bonchev–Trinajstić information content (AvgIpc) is 3.05. The Hall–Kier alpha value is -1.36. The second kappa shape index (κ2) is 4.39. The molecule has 0 aliphatic carbocycles. The van der Waals surface area contributed by atoms with E-state index in [-0.39, 0.29) is 0 Å². The number of rotatable bonds is 3. The monoisotopic (exact) mass is 247 g/mol. The first-order valence-electron chi connectivity index (χ1n) is 6.19. The lowest BCUT2D eigenvalue weighted by Gasteiger charge is -2.29. The minimum atomic E-state index is -0.711. The normalized spacial score (nSPS) is 25.7. The van der Waals surface area contributed by atoms with Gasteiger partial charge < -0.3 is 20.0 Å². The number of benzene rings is 1. The fourth-order valence-electron chi connectivity index (χ4n) is 2.55. The number of hydrogen-bond acceptors (Lipinski definition) is 4. The molecule has 1 aromatic carbocycles. The molecule has 2 heterocycles. The Morgan fingerprint density at radius 3 is 2.89 bits per heavy atom. The molecule has 3 N–H and O–H groups in total. The molecule has 18 heavy (non-hydrogen) atoms. The number of furan rings is 1. The zero-order valence-corrected chi connectivity index (χ0v) is 10.1. The van der Waals surface area contributed by atoms with Gasteiger partial charge in [-0.05, 0) is 18.6 Å². The maximum atomic E-state index is 10.5. The van der Waals surface area contributed by atoms with Crippen LogP contribution in [0.3, 0.4) is 0 Å². The van der Waals surface area contributed by atoms with Crippen molar-refractivity contribution in [2.75, 3.05) is 19.8 Å². The van der Waals surface area contributed by atoms with Crippen molar-refractivity contribution in [3.8, 4) is 0 Å². The Morgan fingerprint density at radius 1 is 1.39 bits per heavy atom. The van der Waals surface area contributed by atoms with Gasteiger partial charge in [0.1, 0.15) is 17.4 Å². The van der Waals surface area contributed by atoms with E-state index in [1.807, 2.05) is 30.3 Å². The predicted octanol–water partition coefficient (Wildman–Crippen LogP) is 1.83. The molecule has 0 bridgehead atoms. The first-order valence-corrected chi connectivity index (χ1v) is 6.19. The third-order valence-corrected chi connectivity index (χ3v) is 3.83. The lowest BCUT2D eigenvalue weighted by molar-refractivity contribution is 0.00575. The van der Waals surface area contributed by atoms with Crippen LogP contribution in [0.2, 0.25) is 0 Å². The maximum absolute atomic E-state index is 10.5. The second-order valence-corrected chi connectivity index (χ2v) is 4.96. The molecule has 1 fully saturated rings. The minimum Gasteiger partial charge on any atom is -0.458 e. The van der Waals surface area contributed by atoms with Gasteiger partial charge in [0.15, 0.2) is 0 Å². The van der Waals surface area contributed by atoms with Crippen molar-refractivity contribution in [1.29, 1.82) is 0 Å². The van der Waals surface area contributed by atoms with Crippen LogP contribution < -0.4 is 5.73 Å². The Labute approximate surface area is 105 Å². The Balaban J connectivity index is 1.98. The van der Waals surface area contributed by atoms with Gasteiger partial charge >= 0.3 is 0 Å². The number of aliphatic hydroxyl groups excluding tert-OH is 1. The van der Waals surface area contributed by atoms with Crippen molar-refractivity contribution < 1.29 is 14.3 Å². The number of para-hydroxylation sites is 1. The lowest BCUT2D eigenvalue weighted by atomic mass is 9.80. The van der Waals surface area contributed by atoms with Gasteiger partial charge in [0.2, 0.25) is 0 Å². The van der Waals surface area contributed by atoms with Gasteiger partial charge in [-0.3, -0.25) is 0 Å². The molecule has 96 valence electrons. The summed E-state index contributed by atoms with van der Waals surface area (Å²) in [5, 5.41) is 11.5. The standard InChI is InChI=1S/C14H17NO3/c15-8-14(5-6-17-9-14)13(16)12-7-10-3-1-2-4-11(10)18-12/h1-4,7,13,16H,5-6,8-9,15H2. The highest BCUT2D eigenvalue weighted by atomic mass is 16.5. The van der Waals surface area contributed by atoms with Crippen molar-refractivity contribution in [1.82, 2.24) is 0 Å². The Kier molecular flexibility index (Phi) is 2.86. The van der Waals surface area contributed by atoms with E-state index in [9.17, 15) is 5.11 Å². The van der Waals surface area contributed by atoms with Crippen molar-refractivity contribution in [3.05, 3.63) is 36.1 Å². The summed E-state index contributed by atoms with van der Waals surface area (Å²) in [6.07, 6.45) is 0.0548. The molecule has 2 atom stereocenters. The molecule has 0 saturated carbocycles. The predicted molar refractivity (Wildman–Crippen MR) is 68.1 cm³/mol. The molecule has 0 radical (unpaired) electrons. The largest absolute Gasteiger partial charge is 0.458 e. The fraction of sp³-hybridized carbons (Fsp3) is 0.429. The van der Waals surface area contributed by atoms with Gasteiger partial charge in [-0.1, -0.05) is 18.2 Å². The van der Waals surface area contributed by atoms with Gasteiger partial charge in [-0.25, -0.2) is 0 Å². The van der Waals surface area contributed by atoms with E-state index in [1.165, 1.54) is 0 Å². The third-order valence-electron chi connectivity index (χ3n) is 3.83. The lowest BCUT2D eigenvalue weighted by Crippen LogP contribution is -2.37. The van der Waals surface area contributed by atoms with Crippen LogP contribution in [-0.2, 0) is 4.74 Å². The van der Waals surface area contributed by atoms with E-state index in [0.717, 1.165) is 17.4 Å². The molecule has 0 amide bonds. The molecule has 0 spiro atoms. The van der Waals surface area contributed by atoms with Gasteiger partial charge in [-0.15, -0.1) is 0 Å². The third kappa shape index (κ3) is 1.73. The minimum absolute atomic E-state index is 0.394. The second-order valence-electron chi connectivity index (χ2n) is 4.96. The van der Waals surface area contributed by atoms with Crippen LogP contribution in [0.5, 0.6) is 0 Å². The zero-order valence-electron chi connectivity index (χ0n) is 10.1. The van der Waals surface area contributed by atoms with Crippen LogP contribution in [-0.4, -0.2) is 24.9 Å². The van der Waals surface area contributed by atoms with Crippen molar-refractivity contribution in [3.63, 3.8) is 0 Å². The molecular formula is C14H17NO3. The summed E-state index contributed by atoms with van der Waals surface area (Å²) in [6.45, 7) is 1.53. The van der Waals surface area contributed by atoms with Crippen molar-refractivity contribution >= 4 is 11.0 Å². The summed E-state index contributed by atoms with van der Waals surface area (Å²) in [5.41, 5.74) is 6.20. The molecule has 1 aromatic heterocycles. The van der Waals surface area contributed by atoms with Gasteiger partial charge in [0.25, 0.3) is 0 Å². The molecule has 2 unspecified atom stereocenters. The van der Waals surface area contributed by atoms with Crippen molar-refractivity contribution in [2.45, 2.75) is 12.5 Å². The molecule has 3 rings (SSSR count). The zero-order chi connectivity index (χ0) is 12.6. The van der Waals surface area contributed by atoms with E-state index < -0.39 is 11.5 Å². The highest BCUT2D eigenvalue weighted by Crippen LogP contribution is 2.41. The summed E-state index contributed by atoms with van der Waals surface area (Å²) in [7, 11) is 0. The number of aliphatic hydroxyl groups is 1. The highest BCUT2D eigenvalue weighted by Gasteiger charge is 2.42. The number of fused-ring (bicyclic) bond motifs is 1. The number of ether oxygens (including phenoxy) is 1. The van der Waals surface area contributed by atoms with Crippen LogP contribution in [0.4, 0.5) is 0 Å². The quantitative estimate of drug-likeness (QED) is 0.868. The summed E-state index contributed by atoms with van der Waals surface area (Å²) >= 11 is 0. The van der Waals surface area contributed by atoms with Crippen LogP contribution in [0.15, 0.2) is 34.7 Å². The van der Waals surface area contributed by atoms with Crippen molar-refractivity contribution in [2.24, 2.45) is 11.1 Å². The summed E-state index contributed by atoms with van der Waals surface area (Å²) in [6, 6.07) is 9.61. The summed E-state index contributed by atoms with van der Waals surface area (Å²) in [4.78, 5) is 0. The first kappa shape index (κ1) is 11.7. The molecule has 1 aliphatic rings. The van der Waals surface area contributed by atoms with E-state index in [0.29, 0.717) is 25.5 Å². The van der Waals surface area contributed by atoms with E-state index in [4.69, 9.17) is 14.9 Å². The molecular weight excluding hydrogens is 230 g/mol. The van der Waals surface area contributed by atoms with Crippen LogP contribution in [0.25, 0.3) is 11.0 Å². The van der Waals surface area contributed by atoms with Gasteiger partial charge in [-0.2, -0.15) is 0 Å². The fourth-order valence-corrected chi connectivity index (χ4v) is 2.55. The van der Waals surface area contributed by atoms with Crippen LogP contribution >= 0.6 is 0 Å². The Bertz CT molecular complexity index is 510. The highest BCUT2D eigenvalue weighted by molar-refractivity contribution is 5.77. The summed E-state index contributed by atoms with van der Waals surface area (Å²) in [5.74, 6) is 0.576. The number of nitrogens with two attached hydrogens (primary N) is 1. The molecule has 1 aliphatic heterocycles. The SMILES string of the molecule is NCC1(C(O)c2cc3ccccc3o2)CCOC1. The topological polar surface area (TPSA) is 68.6 Å². The first-order chi connectivity index (χ1) is 8.75.